The van der Waals surface area contributed by atoms with E-state index in [4.69, 9.17) is 0 Å². The van der Waals surface area contributed by atoms with Crippen LogP contribution in [-0.2, 0) is 0 Å². The Hall–Kier alpha value is -0.720. The summed E-state index contributed by atoms with van der Waals surface area (Å²) in [7, 11) is 1.85. The number of amides is 1. The Morgan fingerprint density at radius 1 is 1.71 bits per heavy atom. The number of likely N-dealkylation sites (N-methyl/N-ethyl adjacent to an activating group) is 1. The van der Waals surface area contributed by atoms with E-state index in [1.807, 2.05) is 14.0 Å². The van der Waals surface area contributed by atoms with E-state index in [2.05, 4.69) is 19.4 Å². The van der Waals surface area contributed by atoms with Crippen LogP contribution in [0.15, 0.2) is 6.20 Å². The molecule has 1 amide bonds. The van der Waals surface area contributed by atoms with Crippen molar-refractivity contribution in [2.24, 2.45) is 0 Å². The number of carbonyl (C=O) groups is 1. The first kappa shape index (κ1) is 13.3. The van der Waals surface area contributed by atoms with E-state index in [0.717, 1.165) is 11.7 Å². The van der Waals surface area contributed by atoms with Crippen molar-refractivity contribution in [1.82, 2.24) is 19.4 Å². The van der Waals surface area contributed by atoms with Crippen LogP contribution in [0.4, 0.5) is 0 Å². The van der Waals surface area contributed by atoms with Gasteiger partial charge >= 0.3 is 0 Å². The van der Waals surface area contributed by atoms with Gasteiger partial charge in [0.15, 0.2) is 5.69 Å². The Balaban J connectivity index is 0.00000169. The van der Waals surface area contributed by atoms with Crippen LogP contribution < -0.4 is 10.6 Å². The van der Waals surface area contributed by atoms with Gasteiger partial charge in [0.2, 0.25) is 0 Å². The van der Waals surface area contributed by atoms with E-state index in [9.17, 15) is 4.79 Å². The Morgan fingerprint density at radius 2 is 2.43 bits per heavy atom. The molecule has 1 atom stereocenters. The highest BCUT2D eigenvalue weighted by Gasteiger charge is 2.08. The summed E-state index contributed by atoms with van der Waals surface area (Å²) in [5.41, 5.74) is 0.383. The molecule has 0 aliphatic carbocycles. The molecule has 5 nitrogen and oxygen atoms in total. The maximum Gasteiger partial charge on any atom is 0.272 e. The lowest BCUT2D eigenvalue weighted by Crippen LogP contribution is -2.37. The van der Waals surface area contributed by atoms with Crippen LogP contribution in [0.2, 0.25) is 0 Å². The summed E-state index contributed by atoms with van der Waals surface area (Å²) in [6, 6.07) is 0.260. The number of rotatable bonds is 4. The van der Waals surface area contributed by atoms with Gasteiger partial charge < -0.3 is 10.6 Å². The highest BCUT2D eigenvalue weighted by Crippen LogP contribution is 1.94. The van der Waals surface area contributed by atoms with E-state index in [-0.39, 0.29) is 24.4 Å². The Morgan fingerprint density at radius 3 is 2.93 bits per heavy atom. The molecule has 7 heteroatoms. The maximum atomic E-state index is 11.3. The van der Waals surface area contributed by atoms with Crippen molar-refractivity contribution < 1.29 is 4.79 Å². The first-order valence-electron chi connectivity index (χ1n) is 3.97. The smallest absolute Gasteiger partial charge is 0.272 e. The third-order valence-corrected chi connectivity index (χ3v) is 2.13. The molecule has 1 rings (SSSR count). The van der Waals surface area contributed by atoms with Gasteiger partial charge in [-0.1, -0.05) is 0 Å². The van der Waals surface area contributed by atoms with Crippen molar-refractivity contribution in [3.63, 3.8) is 0 Å². The van der Waals surface area contributed by atoms with Gasteiger partial charge in [-0.2, -0.15) is 8.75 Å². The number of nitrogens with one attached hydrogen (secondary N) is 2. The van der Waals surface area contributed by atoms with Gasteiger partial charge in [-0.3, -0.25) is 4.79 Å². The SMILES string of the molecule is CNC(C)CNC(=O)c1cnsn1.Cl. The Bertz CT molecular complexity index is 267. The molecule has 0 saturated carbocycles. The molecule has 1 unspecified atom stereocenters. The third kappa shape index (κ3) is 3.99. The molecule has 0 aromatic carbocycles. The van der Waals surface area contributed by atoms with Crippen LogP contribution in [0.5, 0.6) is 0 Å². The molecule has 1 aromatic heterocycles. The van der Waals surface area contributed by atoms with Crippen LogP contribution in [0, 0.1) is 0 Å². The quantitative estimate of drug-likeness (QED) is 0.789. The lowest BCUT2D eigenvalue weighted by molar-refractivity contribution is 0.0946. The van der Waals surface area contributed by atoms with Crippen molar-refractivity contribution in [3.8, 4) is 0 Å². The second kappa shape index (κ2) is 6.69. The normalized spacial score (nSPS) is 11.6. The average Bonchev–Trinajstić information content (AvgIpc) is 2.66. The molecular weight excluding hydrogens is 224 g/mol. The minimum atomic E-state index is -0.171. The molecule has 0 aliphatic heterocycles. The Labute approximate surface area is 93.0 Å². The van der Waals surface area contributed by atoms with Gasteiger partial charge in [0.05, 0.1) is 17.9 Å². The fourth-order valence-corrected chi connectivity index (χ4v) is 1.12. The van der Waals surface area contributed by atoms with E-state index in [1.165, 1.54) is 6.20 Å². The third-order valence-electron chi connectivity index (χ3n) is 1.66. The van der Waals surface area contributed by atoms with Gasteiger partial charge in [0.25, 0.3) is 5.91 Å². The number of nitrogens with zero attached hydrogens (tertiary/aromatic N) is 2. The zero-order chi connectivity index (χ0) is 9.68. The zero-order valence-electron chi connectivity index (χ0n) is 7.98. The number of hydrogen-bond donors (Lipinski definition) is 2. The van der Waals surface area contributed by atoms with Crippen LogP contribution in [-0.4, -0.2) is 34.3 Å². The first-order valence-corrected chi connectivity index (χ1v) is 4.70. The van der Waals surface area contributed by atoms with Gasteiger partial charge in [-0.15, -0.1) is 12.4 Å². The summed E-state index contributed by atoms with van der Waals surface area (Å²) >= 11 is 1.03. The molecule has 80 valence electrons. The zero-order valence-corrected chi connectivity index (χ0v) is 9.61. The standard InChI is InChI=1S/C7H12N4OS.ClH/c1-5(8-2)3-9-7(12)6-4-10-13-11-6;/h4-5,8H,3H2,1-2H3,(H,9,12);1H. The molecule has 14 heavy (non-hydrogen) atoms. The summed E-state index contributed by atoms with van der Waals surface area (Å²) in [5, 5.41) is 5.76. The molecule has 1 heterocycles. The van der Waals surface area contributed by atoms with Crippen molar-refractivity contribution in [1.29, 1.82) is 0 Å². The molecule has 0 spiro atoms. The van der Waals surface area contributed by atoms with Crippen molar-refractivity contribution in [2.75, 3.05) is 13.6 Å². The van der Waals surface area contributed by atoms with Crippen LogP contribution in [0.3, 0.4) is 0 Å². The van der Waals surface area contributed by atoms with Crippen LogP contribution in [0.25, 0.3) is 0 Å². The number of carbonyl (C=O) groups excluding carboxylic acids is 1. The molecule has 0 fully saturated rings. The van der Waals surface area contributed by atoms with Crippen molar-refractivity contribution >= 4 is 30.0 Å². The van der Waals surface area contributed by atoms with Gasteiger partial charge in [-0.05, 0) is 14.0 Å². The topological polar surface area (TPSA) is 66.9 Å². The minimum Gasteiger partial charge on any atom is -0.349 e. The molecule has 0 aliphatic rings. The number of halogens is 1. The second-order valence-electron chi connectivity index (χ2n) is 2.69. The molecule has 0 radical (unpaired) electrons. The largest absolute Gasteiger partial charge is 0.349 e. The van der Waals surface area contributed by atoms with E-state index in [0.29, 0.717) is 12.2 Å². The summed E-state index contributed by atoms with van der Waals surface area (Å²) in [4.78, 5) is 11.3. The molecular formula is C7H13ClN4OS. The summed E-state index contributed by atoms with van der Waals surface area (Å²) in [6.45, 7) is 2.58. The minimum absolute atomic E-state index is 0. The first-order chi connectivity index (χ1) is 6.24. The average molecular weight is 237 g/mol. The highest BCUT2D eigenvalue weighted by molar-refractivity contribution is 6.99. The highest BCUT2D eigenvalue weighted by atomic mass is 35.5. The van der Waals surface area contributed by atoms with Gasteiger partial charge in [0.1, 0.15) is 0 Å². The predicted octanol–water partition coefficient (Wildman–Crippen LogP) is 0.298. The van der Waals surface area contributed by atoms with E-state index >= 15 is 0 Å². The maximum absolute atomic E-state index is 11.3. The summed E-state index contributed by atoms with van der Waals surface area (Å²) in [5.74, 6) is -0.171. The van der Waals surface area contributed by atoms with E-state index in [1.54, 1.807) is 0 Å². The number of aromatic nitrogens is 2. The Kier molecular flexibility index (Phi) is 6.35. The van der Waals surface area contributed by atoms with Crippen molar-refractivity contribution in [2.45, 2.75) is 13.0 Å². The van der Waals surface area contributed by atoms with Gasteiger partial charge in [0, 0.05) is 12.6 Å². The lowest BCUT2D eigenvalue weighted by Gasteiger charge is -2.09. The fraction of sp³-hybridized carbons (Fsp3) is 0.571. The second-order valence-corrected chi connectivity index (χ2v) is 3.25. The number of hydrogen-bond acceptors (Lipinski definition) is 5. The monoisotopic (exact) mass is 236 g/mol. The van der Waals surface area contributed by atoms with Crippen LogP contribution >= 0.6 is 24.1 Å². The molecule has 0 saturated heterocycles. The lowest BCUT2D eigenvalue weighted by atomic mass is 10.3. The predicted molar refractivity (Wildman–Crippen MR) is 58.0 cm³/mol. The molecule has 1 aromatic rings. The summed E-state index contributed by atoms with van der Waals surface area (Å²) in [6.07, 6.45) is 1.46. The fourth-order valence-electron chi connectivity index (χ4n) is 0.703. The van der Waals surface area contributed by atoms with Gasteiger partial charge in [-0.25, -0.2) is 0 Å². The molecule has 2 N–H and O–H groups in total. The van der Waals surface area contributed by atoms with E-state index < -0.39 is 0 Å². The van der Waals surface area contributed by atoms with Crippen LogP contribution in [0.1, 0.15) is 17.4 Å². The summed E-state index contributed by atoms with van der Waals surface area (Å²) < 4.78 is 7.56. The van der Waals surface area contributed by atoms with Crippen molar-refractivity contribution in [3.05, 3.63) is 11.9 Å². The molecule has 0 bridgehead atoms.